The molecule has 178 valence electrons. The molecule has 1 unspecified atom stereocenters. The second-order valence-corrected chi connectivity index (χ2v) is 9.06. The van der Waals surface area contributed by atoms with E-state index in [-0.39, 0.29) is 29.2 Å². The number of ether oxygens (including phenoxy) is 3. The van der Waals surface area contributed by atoms with Crippen LogP contribution in [0.1, 0.15) is 12.8 Å². The summed E-state index contributed by atoms with van der Waals surface area (Å²) >= 11 is 0. The van der Waals surface area contributed by atoms with Gasteiger partial charge in [0.05, 0.1) is 16.6 Å². The van der Waals surface area contributed by atoms with Gasteiger partial charge in [-0.15, -0.1) is 13.2 Å². The van der Waals surface area contributed by atoms with Crippen LogP contribution in [0.25, 0.3) is 0 Å². The summed E-state index contributed by atoms with van der Waals surface area (Å²) in [5.41, 5.74) is 1.40. The molecule has 1 amide bonds. The number of alkyl halides is 3. The van der Waals surface area contributed by atoms with Crippen molar-refractivity contribution in [2.75, 3.05) is 5.75 Å². The number of nitrogens with one attached hydrogen (secondary N) is 1. The highest BCUT2D eigenvalue weighted by Crippen LogP contribution is 2.29. The Balaban J connectivity index is 1.69. The van der Waals surface area contributed by atoms with Crippen LogP contribution in [-0.2, 0) is 24.2 Å². The third-order valence-electron chi connectivity index (χ3n) is 4.69. The molecule has 2 N–H and O–H groups in total. The van der Waals surface area contributed by atoms with Gasteiger partial charge in [-0.2, -0.15) is 0 Å². The van der Waals surface area contributed by atoms with Crippen molar-refractivity contribution in [2.24, 2.45) is 5.92 Å². The zero-order chi connectivity index (χ0) is 24.2. The largest absolute Gasteiger partial charge is 0.573 e. The molecule has 0 radical (unpaired) electrons. The molecule has 2 atom stereocenters. The molecule has 1 aliphatic heterocycles. The maximum atomic E-state index is 12.8. The number of carbonyl (C=O) groups excluding carboxylic acids is 2. The average molecular weight is 489 g/mol. The molecule has 2 aromatic rings. The van der Waals surface area contributed by atoms with Crippen molar-refractivity contribution in [1.82, 2.24) is 5.48 Å². The van der Waals surface area contributed by atoms with Crippen molar-refractivity contribution >= 4 is 21.7 Å². The van der Waals surface area contributed by atoms with Crippen molar-refractivity contribution in [3.63, 3.8) is 0 Å². The number of rotatable bonds is 8. The fourth-order valence-electron chi connectivity index (χ4n) is 3.16. The Bertz CT molecular complexity index is 1100. The number of hydrogen-bond acceptors (Lipinski definition) is 8. The molecular formula is C20H18F3NO8S. The Kier molecular flexibility index (Phi) is 7.12. The number of halogens is 3. The topological polar surface area (TPSA) is 128 Å². The maximum Gasteiger partial charge on any atom is 0.573 e. The quantitative estimate of drug-likeness (QED) is 0.329. The van der Waals surface area contributed by atoms with Gasteiger partial charge < -0.3 is 14.2 Å². The zero-order valence-electron chi connectivity index (χ0n) is 16.7. The summed E-state index contributed by atoms with van der Waals surface area (Å²) in [6, 6.07) is 9.70. The molecule has 3 rings (SSSR count). The lowest BCUT2D eigenvalue weighted by Gasteiger charge is -2.20. The Labute approximate surface area is 185 Å². The van der Waals surface area contributed by atoms with Crippen LogP contribution in [0.3, 0.4) is 0 Å². The van der Waals surface area contributed by atoms with Crippen LogP contribution < -0.4 is 15.0 Å². The summed E-state index contributed by atoms with van der Waals surface area (Å²) < 4.78 is 76.4. The fraction of sp³-hybridized carbons (Fsp3) is 0.300. The molecule has 33 heavy (non-hydrogen) atoms. The maximum absolute atomic E-state index is 12.8. The molecule has 0 aliphatic carbocycles. The Hall–Kier alpha value is -3.32. The van der Waals surface area contributed by atoms with Crippen LogP contribution in [0, 0.1) is 5.92 Å². The lowest BCUT2D eigenvalue weighted by atomic mass is 10.0. The average Bonchev–Trinajstić information content (AvgIpc) is 3.18. The molecule has 0 bridgehead atoms. The first kappa shape index (κ1) is 24.3. The molecule has 0 aromatic heterocycles. The molecule has 1 heterocycles. The minimum atomic E-state index is -4.82. The third kappa shape index (κ3) is 6.58. The summed E-state index contributed by atoms with van der Waals surface area (Å²) in [7, 11) is -4.02. The normalized spacial score (nSPS) is 17.2. The lowest BCUT2D eigenvalue weighted by molar-refractivity contribution is -0.274. The van der Waals surface area contributed by atoms with Crippen molar-refractivity contribution in [3.05, 3.63) is 48.5 Å². The van der Waals surface area contributed by atoms with Gasteiger partial charge in [0.25, 0.3) is 5.91 Å². The number of sulfone groups is 1. The van der Waals surface area contributed by atoms with E-state index >= 15 is 0 Å². The van der Waals surface area contributed by atoms with Crippen LogP contribution in [0.2, 0.25) is 0 Å². The number of cyclic esters (lactones) is 1. The van der Waals surface area contributed by atoms with Crippen LogP contribution in [0.4, 0.5) is 13.2 Å². The molecule has 0 spiro atoms. The Morgan fingerprint density at radius 3 is 2.12 bits per heavy atom. The van der Waals surface area contributed by atoms with E-state index < -0.39 is 51.6 Å². The van der Waals surface area contributed by atoms with Gasteiger partial charge >= 0.3 is 12.3 Å². The van der Waals surface area contributed by atoms with E-state index in [1.165, 1.54) is 41.9 Å². The highest BCUT2D eigenvalue weighted by Gasteiger charge is 2.39. The van der Waals surface area contributed by atoms with Crippen molar-refractivity contribution in [3.8, 4) is 17.2 Å². The minimum Gasteiger partial charge on any atom is -0.461 e. The number of amides is 1. The van der Waals surface area contributed by atoms with E-state index in [1.807, 2.05) is 0 Å². The second-order valence-electron chi connectivity index (χ2n) is 7.02. The van der Waals surface area contributed by atoms with Crippen molar-refractivity contribution < 1.29 is 50.6 Å². The van der Waals surface area contributed by atoms with Crippen LogP contribution >= 0.6 is 0 Å². The van der Waals surface area contributed by atoms with E-state index in [2.05, 4.69) is 4.74 Å². The summed E-state index contributed by atoms with van der Waals surface area (Å²) in [4.78, 5) is 23.2. The molecule has 2 aromatic carbocycles. The number of hydroxylamine groups is 1. The van der Waals surface area contributed by atoms with E-state index in [1.54, 1.807) is 0 Å². The first-order valence-corrected chi connectivity index (χ1v) is 11.1. The molecule has 13 heteroatoms. The van der Waals surface area contributed by atoms with Crippen LogP contribution in [-0.4, -0.2) is 43.7 Å². The SMILES string of the molecule is O=C1CC[C@H](C(CS(=O)(=O)c2ccc(Oc3ccc(OC(F)(F)F)cc3)cc2)C(=O)NO)O1. The lowest BCUT2D eigenvalue weighted by Crippen LogP contribution is -2.40. The van der Waals surface area contributed by atoms with Crippen LogP contribution in [0.15, 0.2) is 53.4 Å². The summed E-state index contributed by atoms with van der Waals surface area (Å²) in [6.45, 7) is 0. The number of esters is 1. The smallest absolute Gasteiger partial charge is 0.461 e. The summed E-state index contributed by atoms with van der Waals surface area (Å²) in [5, 5.41) is 8.93. The number of hydrogen-bond donors (Lipinski definition) is 2. The van der Waals surface area contributed by atoms with Gasteiger partial charge in [-0.25, -0.2) is 13.9 Å². The summed E-state index contributed by atoms with van der Waals surface area (Å²) in [5.74, 6) is -3.61. The zero-order valence-corrected chi connectivity index (χ0v) is 17.6. The van der Waals surface area contributed by atoms with Gasteiger partial charge in [0, 0.05) is 6.42 Å². The number of benzene rings is 2. The predicted molar refractivity (Wildman–Crippen MR) is 104 cm³/mol. The Morgan fingerprint density at radius 2 is 1.64 bits per heavy atom. The molecular weight excluding hydrogens is 471 g/mol. The van der Waals surface area contributed by atoms with E-state index in [0.717, 1.165) is 12.1 Å². The fourth-order valence-corrected chi connectivity index (χ4v) is 4.74. The van der Waals surface area contributed by atoms with Crippen LogP contribution in [0.5, 0.6) is 17.2 Å². The van der Waals surface area contributed by atoms with Gasteiger partial charge in [0.15, 0.2) is 9.84 Å². The molecule has 1 saturated heterocycles. The first-order valence-electron chi connectivity index (χ1n) is 9.47. The first-order chi connectivity index (χ1) is 15.5. The monoisotopic (exact) mass is 489 g/mol. The van der Waals surface area contributed by atoms with Gasteiger partial charge in [-0.1, -0.05) is 0 Å². The van der Waals surface area contributed by atoms with Gasteiger partial charge in [-0.05, 0) is 55.0 Å². The molecule has 0 saturated carbocycles. The third-order valence-corrected chi connectivity index (χ3v) is 6.47. The Morgan fingerprint density at radius 1 is 1.09 bits per heavy atom. The van der Waals surface area contributed by atoms with E-state index in [9.17, 15) is 31.2 Å². The van der Waals surface area contributed by atoms with E-state index in [4.69, 9.17) is 14.7 Å². The summed E-state index contributed by atoms with van der Waals surface area (Å²) in [6.07, 6.45) is -5.62. The molecule has 1 fully saturated rings. The predicted octanol–water partition coefficient (Wildman–Crippen LogP) is 2.98. The van der Waals surface area contributed by atoms with Crippen molar-refractivity contribution in [2.45, 2.75) is 30.2 Å². The highest BCUT2D eigenvalue weighted by atomic mass is 32.2. The molecule has 9 nitrogen and oxygen atoms in total. The van der Waals surface area contributed by atoms with Gasteiger partial charge in [-0.3, -0.25) is 14.8 Å². The number of carbonyl (C=O) groups is 2. The second kappa shape index (κ2) is 9.67. The van der Waals surface area contributed by atoms with E-state index in [0.29, 0.717) is 0 Å². The van der Waals surface area contributed by atoms with Gasteiger partial charge in [0.1, 0.15) is 23.4 Å². The standard InChI is InChI=1S/C20H18F3NO8S/c21-20(22,23)32-14-3-1-12(2-4-14)30-13-5-7-15(8-6-13)33(28,29)11-16(19(26)24-27)17-9-10-18(25)31-17/h1-8,16-17,27H,9-11H2,(H,24,26)/t16?,17-/m1/s1. The highest BCUT2D eigenvalue weighted by molar-refractivity contribution is 7.91. The molecule has 1 aliphatic rings. The van der Waals surface area contributed by atoms with Gasteiger partial charge in [0.2, 0.25) is 0 Å². The van der Waals surface area contributed by atoms with Crippen molar-refractivity contribution in [1.29, 1.82) is 0 Å². The minimum absolute atomic E-state index is 0.0370.